The molecule has 23 heavy (non-hydrogen) atoms. The van der Waals surface area contributed by atoms with Gasteiger partial charge in [-0.25, -0.2) is 9.97 Å². The van der Waals surface area contributed by atoms with Crippen molar-refractivity contribution in [2.24, 2.45) is 0 Å². The highest BCUT2D eigenvalue weighted by atomic mass is 16.5. The van der Waals surface area contributed by atoms with Crippen LogP contribution >= 0.6 is 0 Å². The highest BCUT2D eigenvalue weighted by molar-refractivity contribution is 5.81. The molecule has 1 aromatic carbocycles. The summed E-state index contributed by atoms with van der Waals surface area (Å²) in [7, 11) is 0. The third kappa shape index (κ3) is 3.15. The summed E-state index contributed by atoms with van der Waals surface area (Å²) >= 11 is 0. The maximum Gasteiger partial charge on any atom is 0.116 e. The van der Waals surface area contributed by atoms with E-state index >= 15 is 0 Å². The van der Waals surface area contributed by atoms with E-state index in [9.17, 15) is 5.11 Å². The summed E-state index contributed by atoms with van der Waals surface area (Å²) in [4.78, 5) is 13.1. The molecule has 2 fully saturated rings. The molecule has 0 amide bonds. The SMILES string of the molecule is OC1(CN2CCN(c3ccc4ncncc4c3)CC2)CCOC1. The molecule has 0 bridgehead atoms. The Morgan fingerprint density at radius 2 is 2.09 bits per heavy atom. The first kappa shape index (κ1) is 14.8. The van der Waals surface area contributed by atoms with Crippen molar-refractivity contribution in [1.82, 2.24) is 14.9 Å². The van der Waals surface area contributed by atoms with Crippen LogP contribution in [0.15, 0.2) is 30.7 Å². The molecule has 1 aromatic heterocycles. The fourth-order valence-electron chi connectivity index (χ4n) is 3.47. The van der Waals surface area contributed by atoms with E-state index in [2.05, 4.69) is 38.0 Å². The smallest absolute Gasteiger partial charge is 0.116 e. The molecule has 0 aliphatic carbocycles. The van der Waals surface area contributed by atoms with Gasteiger partial charge in [-0.2, -0.15) is 0 Å². The van der Waals surface area contributed by atoms with Crippen molar-refractivity contribution in [1.29, 1.82) is 0 Å². The molecule has 2 aliphatic rings. The van der Waals surface area contributed by atoms with Gasteiger partial charge < -0.3 is 14.7 Å². The van der Waals surface area contributed by atoms with Crippen LogP contribution in [-0.4, -0.2) is 71.5 Å². The van der Waals surface area contributed by atoms with Crippen molar-refractivity contribution in [3.8, 4) is 0 Å². The van der Waals surface area contributed by atoms with Gasteiger partial charge >= 0.3 is 0 Å². The fraction of sp³-hybridized carbons (Fsp3) is 0.529. The Morgan fingerprint density at radius 1 is 1.22 bits per heavy atom. The highest BCUT2D eigenvalue weighted by Crippen LogP contribution is 2.23. The lowest BCUT2D eigenvalue weighted by Gasteiger charge is -2.38. The van der Waals surface area contributed by atoms with Gasteiger partial charge in [0.05, 0.1) is 12.1 Å². The number of β-amino-alcohol motifs (C(OH)–C–C–N with tert-alkyl or cyclic N) is 1. The van der Waals surface area contributed by atoms with Crippen LogP contribution in [0.3, 0.4) is 0 Å². The topological polar surface area (TPSA) is 61.7 Å². The van der Waals surface area contributed by atoms with Gasteiger partial charge in [0.25, 0.3) is 0 Å². The second-order valence-electron chi connectivity index (χ2n) is 6.56. The maximum absolute atomic E-state index is 10.5. The minimum Gasteiger partial charge on any atom is -0.386 e. The number of piperazine rings is 1. The van der Waals surface area contributed by atoms with E-state index in [0.29, 0.717) is 19.8 Å². The van der Waals surface area contributed by atoms with Gasteiger partial charge in [-0.15, -0.1) is 0 Å². The number of benzene rings is 1. The second kappa shape index (κ2) is 6.03. The van der Waals surface area contributed by atoms with Crippen LogP contribution in [0.1, 0.15) is 6.42 Å². The summed E-state index contributed by atoms with van der Waals surface area (Å²) in [5.41, 5.74) is 1.54. The molecule has 2 aliphatic heterocycles. The van der Waals surface area contributed by atoms with Crippen LogP contribution in [-0.2, 0) is 4.74 Å². The fourth-order valence-corrected chi connectivity index (χ4v) is 3.47. The third-order valence-electron chi connectivity index (χ3n) is 4.83. The predicted molar refractivity (Wildman–Crippen MR) is 88.6 cm³/mol. The summed E-state index contributed by atoms with van der Waals surface area (Å²) < 4.78 is 5.33. The molecule has 0 spiro atoms. The van der Waals surface area contributed by atoms with Crippen LogP contribution in [0.25, 0.3) is 10.9 Å². The minimum atomic E-state index is -0.650. The molecule has 1 atom stereocenters. The summed E-state index contributed by atoms with van der Waals surface area (Å²) in [6.07, 6.45) is 4.19. The first-order valence-electron chi connectivity index (χ1n) is 8.19. The zero-order valence-electron chi connectivity index (χ0n) is 13.2. The largest absolute Gasteiger partial charge is 0.386 e. The number of aliphatic hydroxyl groups is 1. The zero-order valence-corrected chi connectivity index (χ0v) is 13.2. The number of fused-ring (bicyclic) bond motifs is 1. The molecule has 1 unspecified atom stereocenters. The molecule has 3 heterocycles. The lowest BCUT2D eigenvalue weighted by molar-refractivity contribution is -0.00557. The average Bonchev–Trinajstić information content (AvgIpc) is 3.01. The van der Waals surface area contributed by atoms with Crippen molar-refractivity contribution >= 4 is 16.6 Å². The third-order valence-corrected chi connectivity index (χ3v) is 4.83. The van der Waals surface area contributed by atoms with Crippen LogP contribution in [0.5, 0.6) is 0 Å². The molecule has 1 N–H and O–H groups in total. The molecule has 2 saturated heterocycles. The number of aromatic nitrogens is 2. The number of nitrogens with zero attached hydrogens (tertiary/aromatic N) is 4. The van der Waals surface area contributed by atoms with Gasteiger partial charge in [-0.05, 0) is 18.2 Å². The van der Waals surface area contributed by atoms with Crippen LogP contribution < -0.4 is 4.90 Å². The van der Waals surface area contributed by atoms with Crippen LogP contribution in [0.2, 0.25) is 0 Å². The normalized spacial score (nSPS) is 26.0. The number of rotatable bonds is 3. The van der Waals surface area contributed by atoms with Crippen molar-refractivity contribution in [2.45, 2.75) is 12.0 Å². The molecule has 4 rings (SSSR count). The second-order valence-corrected chi connectivity index (χ2v) is 6.56. The molecule has 6 heteroatoms. The van der Waals surface area contributed by atoms with Crippen molar-refractivity contribution in [3.05, 3.63) is 30.7 Å². The lowest BCUT2D eigenvalue weighted by atomic mass is 10.0. The van der Waals surface area contributed by atoms with Gasteiger partial charge in [-0.1, -0.05) is 0 Å². The van der Waals surface area contributed by atoms with Gasteiger partial charge in [0.1, 0.15) is 11.9 Å². The highest BCUT2D eigenvalue weighted by Gasteiger charge is 2.35. The molecule has 0 radical (unpaired) electrons. The van der Waals surface area contributed by atoms with Gasteiger partial charge in [0, 0.05) is 63.0 Å². The Balaban J connectivity index is 1.40. The maximum atomic E-state index is 10.5. The van der Waals surface area contributed by atoms with E-state index < -0.39 is 5.60 Å². The van der Waals surface area contributed by atoms with Crippen molar-refractivity contribution < 1.29 is 9.84 Å². The van der Waals surface area contributed by atoms with Gasteiger partial charge in [-0.3, -0.25) is 4.90 Å². The molecule has 122 valence electrons. The molecule has 6 nitrogen and oxygen atoms in total. The molecular formula is C17H22N4O2. The summed E-state index contributed by atoms with van der Waals surface area (Å²) in [5.74, 6) is 0. The quantitative estimate of drug-likeness (QED) is 0.908. The zero-order chi connectivity index (χ0) is 15.7. The Morgan fingerprint density at radius 3 is 2.87 bits per heavy atom. The number of anilines is 1. The number of hydrogen-bond acceptors (Lipinski definition) is 6. The monoisotopic (exact) mass is 314 g/mol. The number of ether oxygens (including phenoxy) is 1. The van der Waals surface area contributed by atoms with Crippen molar-refractivity contribution in [2.75, 3.05) is 50.8 Å². The Kier molecular flexibility index (Phi) is 3.88. The van der Waals surface area contributed by atoms with E-state index in [4.69, 9.17) is 4.74 Å². The van der Waals surface area contributed by atoms with Crippen molar-refractivity contribution in [3.63, 3.8) is 0 Å². The first-order chi connectivity index (χ1) is 11.2. The summed E-state index contributed by atoms with van der Waals surface area (Å²) in [6.45, 7) is 5.73. The average molecular weight is 314 g/mol. The number of hydrogen-bond donors (Lipinski definition) is 1. The van der Waals surface area contributed by atoms with E-state index in [0.717, 1.165) is 43.5 Å². The Hall–Kier alpha value is -1.76. The standard InChI is InChI=1S/C17H22N4O2/c22-17(3-8-23-12-17)11-20-4-6-21(7-5-20)15-1-2-16-14(9-15)10-18-13-19-16/h1-2,9-10,13,22H,3-8,11-12H2. The first-order valence-corrected chi connectivity index (χ1v) is 8.19. The Labute approximate surface area is 135 Å². The van der Waals surface area contributed by atoms with E-state index in [1.807, 2.05) is 6.20 Å². The predicted octanol–water partition coefficient (Wildman–Crippen LogP) is 0.903. The molecule has 2 aromatic rings. The van der Waals surface area contributed by atoms with Crippen LogP contribution in [0.4, 0.5) is 5.69 Å². The van der Waals surface area contributed by atoms with Gasteiger partial charge in [0.2, 0.25) is 0 Å². The lowest BCUT2D eigenvalue weighted by Crippen LogP contribution is -2.52. The van der Waals surface area contributed by atoms with E-state index in [1.165, 1.54) is 5.69 Å². The van der Waals surface area contributed by atoms with E-state index in [-0.39, 0.29) is 0 Å². The molecule has 0 saturated carbocycles. The molecular weight excluding hydrogens is 292 g/mol. The minimum absolute atomic E-state index is 0.470. The van der Waals surface area contributed by atoms with Crippen LogP contribution in [0, 0.1) is 0 Å². The van der Waals surface area contributed by atoms with Gasteiger partial charge in [0.15, 0.2) is 0 Å². The summed E-state index contributed by atoms with van der Waals surface area (Å²) in [6, 6.07) is 6.34. The van der Waals surface area contributed by atoms with E-state index in [1.54, 1.807) is 6.33 Å². The Bertz CT molecular complexity index is 679. The summed E-state index contributed by atoms with van der Waals surface area (Å²) in [5, 5.41) is 11.5.